The molecule has 3 aromatic rings. The predicted octanol–water partition coefficient (Wildman–Crippen LogP) is 4.97. The smallest absolute Gasteiger partial charge is 0.329 e. The number of halogens is 4. The minimum Gasteiger partial charge on any atom is -0.329 e. The van der Waals surface area contributed by atoms with Crippen molar-refractivity contribution in [2.75, 3.05) is 5.75 Å². The minimum atomic E-state index is -4.77. The average Bonchev–Trinajstić information content (AvgIpc) is 3.37. The number of aromatic nitrogens is 2. The topological polar surface area (TPSA) is 85.4 Å². The van der Waals surface area contributed by atoms with E-state index in [2.05, 4.69) is 19.0 Å². The van der Waals surface area contributed by atoms with Crippen LogP contribution in [0.2, 0.25) is 0 Å². The van der Waals surface area contributed by atoms with Gasteiger partial charge in [0.05, 0.1) is 14.6 Å². The van der Waals surface area contributed by atoms with E-state index < -0.39 is 33.5 Å². The first-order valence-electron chi connectivity index (χ1n) is 9.21. The Morgan fingerprint density at radius 3 is 2.39 bits per heavy atom. The molecule has 1 saturated carbocycles. The molecule has 2 aromatic carbocycles. The fourth-order valence-electron chi connectivity index (χ4n) is 2.89. The van der Waals surface area contributed by atoms with Crippen LogP contribution in [-0.2, 0) is 15.9 Å². The van der Waals surface area contributed by atoms with Crippen LogP contribution in [0.3, 0.4) is 0 Å². The lowest BCUT2D eigenvalue weighted by molar-refractivity contribution is -0.159. The van der Waals surface area contributed by atoms with E-state index in [0.717, 1.165) is 18.9 Å². The molecule has 11 heteroatoms. The van der Waals surface area contributed by atoms with Crippen molar-refractivity contribution in [3.05, 3.63) is 65.8 Å². The molecule has 1 aromatic heterocycles. The lowest BCUT2D eigenvalue weighted by Gasteiger charge is -2.10. The maximum Gasteiger partial charge on any atom is 0.471 e. The summed E-state index contributed by atoms with van der Waals surface area (Å²) in [4.78, 5) is 15.8. The number of nitrogens with zero attached hydrogens (tertiary/aromatic N) is 3. The van der Waals surface area contributed by atoms with E-state index in [4.69, 9.17) is 0 Å². The van der Waals surface area contributed by atoms with Gasteiger partial charge < -0.3 is 4.52 Å². The summed E-state index contributed by atoms with van der Waals surface area (Å²) in [6.07, 6.45) is -3.09. The van der Waals surface area contributed by atoms with Crippen LogP contribution in [0.5, 0.6) is 0 Å². The van der Waals surface area contributed by atoms with Crippen molar-refractivity contribution >= 4 is 15.6 Å². The number of hydrogen-bond acceptors (Lipinski definition) is 5. The SMILES string of the molecule is O=C(N=S(=O)(CC1CC1)c1ccccc1F)c1ccc(-c2noc(C(F)(F)F)n2)cc1. The van der Waals surface area contributed by atoms with E-state index in [1.807, 2.05) is 0 Å². The predicted molar refractivity (Wildman–Crippen MR) is 102 cm³/mol. The lowest BCUT2D eigenvalue weighted by atomic mass is 10.1. The van der Waals surface area contributed by atoms with Gasteiger partial charge in [0, 0.05) is 16.9 Å². The van der Waals surface area contributed by atoms with Crippen LogP contribution in [-0.4, -0.2) is 26.0 Å². The second kappa shape index (κ2) is 7.88. The summed E-state index contributed by atoms with van der Waals surface area (Å²) in [6.45, 7) is 0. The molecule has 0 radical (unpaired) electrons. The van der Waals surface area contributed by atoms with Gasteiger partial charge in [-0.25, -0.2) is 8.60 Å². The van der Waals surface area contributed by atoms with Gasteiger partial charge in [0.1, 0.15) is 5.82 Å². The molecule has 1 fully saturated rings. The zero-order valence-corrected chi connectivity index (χ0v) is 16.6. The van der Waals surface area contributed by atoms with Crippen LogP contribution in [0.15, 0.2) is 62.3 Å². The van der Waals surface area contributed by atoms with E-state index in [9.17, 15) is 26.6 Å². The zero-order chi connectivity index (χ0) is 22.2. The molecule has 162 valence electrons. The normalized spacial score (nSPS) is 16.0. The Kier molecular flexibility index (Phi) is 5.38. The summed E-state index contributed by atoms with van der Waals surface area (Å²) in [6, 6.07) is 10.7. The molecule has 0 saturated heterocycles. The van der Waals surface area contributed by atoms with E-state index >= 15 is 0 Å². The van der Waals surface area contributed by atoms with Crippen LogP contribution in [0.1, 0.15) is 29.1 Å². The molecular formula is C20H15F4N3O3S. The number of rotatable bonds is 5. The third kappa shape index (κ3) is 4.66. The van der Waals surface area contributed by atoms with E-state index in [1.165, 1.54) is 42.5 Å². The summed E-state index contributed by atoms with van der Waals surface area (Å²) >= 11 is 0. The van der Waals surface area contributed by atoms with Crippen LogP contribution in [0, 0.1) is 11.7 Å². The highest BCUT2D eigenvalue weighted by Gasteiger charge is 2.38. The molecule has 4 rings (SSSR count). The second-order valence-corrected chi connectivity index (χ2v) is 9.31. The second-order valence-electron chi connectivity index (χ2n) is 7.08. The van der Waals surface area contributed by atoms with Crippen molar-refractivity contribution in [1.29, 1.82) is 0 Å². The van der Waals surface area contributed by atoms with Gasteiger partial charge in [0.2, 0.25) is 5.82 Å². The lowest BCUT2D eigenvalue weighted by Crippen LogP contribution is -2.13. The van der Waals surface area contributed by atoms with Crippen LogP contribution in [0.25, 0.3) is 11.4 Å². The van der Waals surface area contributed by atoms with Gasteiger partial charge in [0.15, 0.2) is 0 Å². The number of benzene rings is 2. The van der Waals surface area contributed by atoms with Gasteiger partial charge in [-0.1, -0.05) is 29.4 Å². The first-order chi connectivity index (χ1) is 14.7. The van der Waals surface area contributed by atoms with Crippen molar-refractivity contribution in [1.82, 2.24) is 10.1 Å². The molecule has 0 aliphatic heterocycles. The maximum absolute atomic E-state index is 14.3. The monoisotopic (exact) mass is 453 g/mol. The van der Waals surface area contributed by atoms with Gasteiger partial charge >= 0.3 is 12.1 Å². The molecule has 1 heterocycles. The molecule has 1 unspecified atom stereocenters. The van der Waals surface area contributed by atoms with Crippen molar-refractivity contribution in [2.45, 2.75) is 23.9 Å². The first kappa shape index (κ1) is 21.2. The number of hydrogen-bond donors (Lipinski definition) is 0. The summed E-state index contributed by atoms with van der Waals surface area (Å²) in [5.41, 5.74) is 0.228. The Morgan fingerprint density at radius 2 is 1.81 bits per heavy atom. The standard InChI is InChI=1S/C20H15F4N3O3S/c21-15-3-1-2-4-16(15)31(29,11-12-5-6-12)27-18(28)14-9-7-13(8-10-14)17-25-19(30-26-17)20(22,23)24/h1-4,7-10,12H,5-6,11H2. The molecule has 0 spiro atoms. The Labute approximate surface area is 174 Å². The third-order valence-corrected chi connectivity index (χ3v) is 7.03. The number of amides is 1. The molecule has 31 heavy (non-hydrogen) atoms. The molecule has 0 N–H and O–H groups in total. The summed E-state index contributed by atoms with van der Waals surface area (Å²) < 4.78 is 73.6. The van der Waals surface area contributed by atoms with Gasteiger partial charge in [-0.3, -0.25) is 4.79 Å². The highest BCUT2D eigenvalue weighted by Crippen LogP contribution is 2.34. The number of carbonyl (C=O) groups excluding carboxylic acids is 1. The first-order valence-corrected chi connectivity index (χ1v) is 10.9. The van der Waals surface area contributed by atoms with Crippen molar-refractivity contribution in [3.8, 4) is 11.4 Å². The quantitative estimate of drug-likeness (QED) is 0.509. The Morgan fingerprint density at radius 1 is 1.13 bits per heavy atom. The van der Waals surface area contributed by atoms with E-state index in [1.54, 1.807) is 0 Å². The Bertz CT molecular complexity index is 1240. The highest BCUT2D eigenvalue weighted by atomic mass is 32.2. The van der Waals surface area contributed by atoms with Gasteiger partial charge in [-0.05, 0) is 43.0 Å². The van der Waals surface area contributed by atoms with Crippen molar-refractivity contribution < 1.29 is 31.1 Å². The van der Waals surface area contributed by atoms with Crippen LogP contribution in [0.4, 0.5) is 17.6 Å². The van der Waals surface area contributed by atoms with E-state index in [-0.39, 0.29) is 33.5 Å². The summed E-state index contributed by atoms with van der Waals surface area (Å²) in [7, 11) is -3.32. The fourth-order valence-corrected chi connectivity index (χ4v) is 5.25. The number of alkyl halides is 3. The van der Waals surface area contributed by atoms with Crippen LogP contribution < -0.4 is 0 Å². The summed E-state index contributed by atoms with van der Waals surface area (Å²) in [5.74, 6) is -3.09. The van der Waals surface area contributed by atoms with Crippen LogP contribution >= 0.6 is 0 Å². The minimum absolute atomic E-state index is 0.0446. The molecule has 1 atom stereocenters. The highest BCUT2D eigenvalue weighted by molar-refractivity contribution is 7.94. The average molecular weight is 453 g/mol. The fraction of sp³-hybridized carbons (Fsp3) is 0.250. The van der Waals surface area contributed by atoms with Gasteiger partial charge in [0.25, 0.3) is 5.91 Å². The van der Waals surface area contributed by atoms with Gasteiger partial charge in [-0.15, -0.1) is 0 Å². The zero-order valence-electron chi connectivity index (χ0n) is 15.8. The Hall–Kier alpha value is -3.08. The van der Waals surface area contributed by atoms with Gasteiger partial charge in [-0.2, -0.15) is 22.5 Å². The number of carbonyl (C=O) groups is 1. The summed E-state index contributed by atoms with van der Waals surface area (Å²) in [5, 5.41) is 3.27. The van der Waals surface area contributed by atoms with Crippen molar-refractivity contribution in [3.63, 3.8) is 0 Å². The Balaban J connectivity index is 1.63. The molecule has 1 amide bonds. The molecule has 1 aliphatic rings. The third-order valence-electron chi connectivity index (χ3n) is 4.63. The molecule has 1 aliphatic carbocycles. The van der Waals surface area contributed by atoms with Crippen molar-refractivity contribution in [2.24, 2.45) is 10.3 Å². The van der Waals surface area contributed by atoms with E-state index in [0.29, 0.717) is 0 Å². The molecular weight excluding hydrogens is 438 g/mol. The maximum atomic E-state index is 14.3. The molecule has 0 bridgehead atoms. The largest absolute Gasteiger partial charge is 0.471 e. The molecule has 6 nitrogen and oxygen atoms in total.